The zero-order chi connectivity index (χ0) is 27.2. The summed E-state index contributed by atoms with van der Waals surface area (Å²) < 4.78 is 5.35. The molecule has 1 aromatic rings. The number of alkyl halides is 1. The van der Waals surface area contributed by atoms with Gasteiger partial charge in [0, 0.05) is 17.7 Å². The van der Waals surface area contributed by atoms with E-state index in [9.17, 15) is 30.0 Å². The monoisotopic (exact) mass is 545 g/mol. The molecule has 1 aliphatic rings. The molecule has 0 aromatic carbocycles. The minimum atomic E-state index is -1.32. The molecule has 7 atom stereocenters. The number of rotatable bonds is 1. The van der Waals surface area contributed by atoms with Crippen molar-refractivity contribution in [3.63, 3.8) is 0 Å². The molecule has 7 unspecified atom stereocenters. The second-order valence-electron chi connectivity index (χ2n) is 10.5. The van der Waals surface area contributed by atoms with E-state index >= 15 is 0 Å². The lowest BCUT2D eigenvalue weighted by molar-refractivity contribution is -0.151. The van der Waals surface area contributed by atoms with Crippen LogP contribution in [0.4, 0.5) is 0 Å². The molecule has 8 nitrogen and oxygen atoms in total. The average Bonchev–Trinajstić information content (AvgIpc) is 3.23. The molecule has 10 heteroatoms. The summed E-state index contributed by atoms with van der Waals surface area (Å²) >= 11 is 7.84. The topological polar surface area (TPSA) is 137 Å². The molecular formula is C26H40ClNO7S. The van der Waals surface area contributed by atoms with Crippen molar-refractivity contribution in [3.05, 3.63) is 21.7 Å². The van der Waals surface area contributed by atoms with Gasteiger partial charge in [-0.3, -0.25) is 9.59 Å². The summed E-state index contributed by atoms with van der Waals surface area (Å²) in [5.41, 5.74) is -0.352. The van der Waals surface area contributed by atoms with Crippen molar-refractivity contribution in [1.82, 2.24) is 4.98 Å². The zero-order valence-electron chi connectivity index (χ0n) is 21.7. The summed E-state index contributed by atoms with van der Waals surface area (Å²) in [5.74, 6) is -2.05. The van der Waals surface area contributed by atoms with Gasteiger partial charge in [-0.25, -0.2) is 4.98 Å². The Morgan fingerprint density at radius 1 is 1.17 bits per heavy atom. The molecule has 0 bridgehead atoms. The fourth-order valence-corrected chi connectivity index (χ4v) is 5.26. The molecule has 0 saturated carbocycles. The molecule has 4 N–H and O–H groups in total. The van der Waals surface area contributed by atoms with E-state index in [-0.39, 0.29) is 24.7 Å². The SMILES string of the molecule is Cc1nc(C=C2COC(=O)CC(O)C(C)(C)C(=O)C(C)C(O)C(C)CCCC(Cl)C(O)CC2O)cs1. The summed E-state index contributed by atoms with van der Waals surface area (Å²) in [5, 5.41) is 45.0. The molecule has 0 aliphatic carbocycles. The highest BCUT2D eigenvalue weighted by Crippen LogP contribution is 2.32. The smallest absolute Gasteiger partial charge is 0.308 e. The number of cyclic esters (lactones) is 1. The van der Waals surface area contributed by atoms with E-state index in [2.05, 4.69) is 4.98 Å². The van der Waals surface area contributed by atoms with Crippen molar-refractivity contribution >= 4 is 40.8 Å². The molecule has 0 amide bonds. The summed E-state index contributed by atoms with van der Waals surface area (Å²) in [6.07, 6.45) is -1.62. The third kappa shape index (κ3) is 8.33. The van der Waals surface area contributed by atoms with Crippen LogP contribution in [0, 0.1) is 24.2 Å². The number of nitrogens with zero attached hydrogens (tertiary/aromatic N) is 1. The summed E-state index contributed by atoms with van der Waals surface area (Å²) in [7, 11) is 0. The van der Waals surface area contributed by atoms with Gasteiger partial charge in [0.15, 0.2) is 0 Å². The van der Waals surface area contributed by atoms with Crippen molar-refractivity contribution < 1.29 is 34.8 Å². The van der Waals surface area contributed by atoms with Crippen LogP contribution in [0.5, 0.6) is 0 Å². The lowest BCUT2D eigenvalue weighted by atomic mass is 9.73. The number of carbonyl (C=O) groups excluding carboxylic acids is 2. The number of hydrogen-bond donors (Lipinski definition) is 4. The lowest BCUT2D eigenvalue weighted by Crippen LogP contribution is -2.45. The van der Waals surface area contributed by atoms with Gasteiger partial charge < -0.3 is 25.2 Å². The molecule has 0 radical (unpaired) electrons. The van der Waals surface area contributed by atoms with Crippen molar-refractivity contribution in [1.29, 1.82) is 0 Å². The van der Waals surface area contributed by atoms with Crippen molar-refractivity contribution in [2.75, 3.05) is 6.61 Å². The van der Waals surface area contributed by atoms with Gasteiger partial charge in [0.1, 0.15) is 12.4 Å². The Morgan fingerprint density at radius 2 is 1.83 bits per heavy atom. The van der Waals surface area contributed by atoms with Gasteiger partial charge in [-0.2, -0.15) is 0 Å². The fraction of sp³-hybridized carbons (Fsp3) is 0.731. The van der Waals surface area contributed by atoms with E-state index in [4.69, 9.17) is 16.3 Å². The van der Waals surface area contributed by atoms with Gasteiger partial charge >= 0.3 is 5.97 Å². The highest BCUT2D eigenvalue weighted by Gasteiger charge is 2.42. The third-order valence-electron chi connectivity index (χ3n) is 7.16. The number of ketones is 1. The maximum Gasteiger partial charge on any atom is 0.308 e. The van der Waals surface area contributed by atoms with E-state index in [1.165, 1.54) is 11.3 Å². The Morgan fingerprint density at radius 3 is 2.44 bits per heavy atom. The Labute approximate surface area is 222 Å². The Kier molecular flexibility index (Phi) is 11.5. The quantitative estimate of drug-likeness (QED) is 0.312. The minimum Gasteiger partial charge on any atom is -0.461 e. The number of thiazole rings is 1. The predicted octanol–water partition coefficient (Wildman–Crippen LogP) is 3.26. The van der Waals surface area contributed by atoms with E-state index in [0.717, 1.165) is 5.01 Å². The molecule has 2 rings (SSSR count). The van der Waals surface area contributed by atoms with Gasteiger partial charge in [0.25, 0.3) is 0 Å². The molecule has 1 aliphatic heterocycles. The van der Waals surface area contributed by atoms with Crippen molar-refractivity contribution in [3.8, 4) is 0 Å². The molecule has 36 heavy (non-hydrogen) atoms. The van der Waals surface area contributed by atoms with Gasteiger partial charge in [0.05, 0.1) is 52.3 Å². The predicted molar refractivity (Wildman–Crippen MR) is 140 cm³/mol. The molecule has 1 aromatic heterocycles. The molecule has 204 valence electrons. The molecule has 0 spiro atoms. The molecule has 1 saturated heterocycles. The maximum atomic E-state index is 13.2. The molecular weight excluding hydrogens is 506 g/mol. The number of hydrogen-bond acceptors (Lipinski definition) is 9. The van der Waals surface area contributed by atoms with Crippen LogP contribution in [0.15, 0.2) is 11.0 Å². The Bertz CT molecular complexity index is 918. The Hall–Kier alpha value is -1.36. The van der Waals surface area contributed by atoms with Crippen LogP contribution in [-0.4, -0.2) is 73.6 Å². The van der Waals surface area contributed by atoms with Crippen LogP contribution in [0.2, 0.25) is 0 Å². The number of aryl methyl sites for hydroxylation is 1. The second kappa shape index (κ2) is 13.4. The minimum absolute atomic E-state index is 0.0555. The van der Waals surface area contributed by atoms with Crippen molar-refractivity contribution in [2.24, 2.45) is 17.3 Å². The van der Waals surface area contributed by atoms with Crippen LogP contribution in [0.1, 0.15) is 70.5 Å². The zero-order valence-corrected chi connectivity index (χ0v) is 23.3. The summed E-state index contributed by atoms with van der Waals surface area (Å²) in [6, 6.07) is 0. The number of carbonyl (C=O) groups is 2. The first kappa shape index (κ1) is 30.9. The van der Waals surface area contributed by atoms with Crippen LogP contribution in [0.25, 0.3) is 6.08 Å². The van der Waals surface area contributed by atoms with Crippen LogP contribution in [0.3, 0.4) is 0 Å². The van der Waals surface area contributed by atoms with E-state index in [1.54, 1.807) is 32.2 Å². The first-order valence-electron chi connectivity index (χ1n) is 12.4. The maximum absolute atomic E-state index is 13.2. The van der Waals surface area contributed by atoms with E-state index in [1.807, 2.05) is 13.8 Å². The van der Waals surface area contributed by atoms with E-state index in [0.29, 0.717) is 30.5 Å². The summed E-state index contributed by atoms with van der Waals surface area (Å²) in [6.45, 7) is 8.15. The summed E-state index contributed by atoms with van der Waals surface area (Å²) in [4.78, 5) is 30.1. The Balaban J connectivity index is 2.31. The number of halogens is 1. The number of esters is 1. The first-order valence-corrected chi connectivity index (χ1v) is 13.7. The largest absolute Gasteiger partial charge is 0.461 e. The molecule has 1 fully saturated rings. The number of aliphatic hydroxyl groups excluding tert-OH is 4. The fourth-order valence-electron chi connectivity index (χ4n) is 4.43. The standard InChI is InChI=1S/C26H40ClNO7S/c1-14-7-6-8-19(27)21(30)10-20(29)17(9-18-13-36-16(3)28-18)12-35-23(32)11-22(31)26(4,5)25(34)15(2)24(14)33/h9,13-15,19-22,24,29-31,33H,6-8,10-12H2,1-5H3. The highest BCUT2D eigenvalue weighted by molar-refractivity contribution is 7.09. The number of aromatic nitrogens is 1. The second-order valence-corrected chi connectivity index (χ2v) is 12.1. The van der Waals surface area contributed by atoms with Crippen LogP contribution >= 0.6 is 22.9 Å². The van der Waals surface area contributed by atoms with Gasteiger partial charge in [0.2, 0.25) is 0 Å². The van der Waals surface area contributed by atoms with Gasteiger partial charge in [-0.1, -0.05) is 34.1 Å². The van der Waals surface area contributed by atoms with E-state index < -0.39 is 53.5 Å². The van der Waals surface area contributed by atoms with Crippen LogP contribution in [-0.2, 0) is 14.3 Å². The number of Topliss-reactive ketones (excluding diaryl/α,β-unsaturated/α-hetero) is 1. The van der Waals surface area contributed by atoms with Gasteiger partial charge in [-0.15, -0.1) is 22.9 Å². The number of aliphatic hydroxyl groups is 4. The first-order chi connectivity index (χ1) is 16.7. The van der Waals surface area contributed by atoms with Crippen molar-refractivity contribution in [2.45, 2.75) is 96.5 Å². The number of ether oxygens (including phenoxy) is 1. The third-order valence-corrected chi connectivity index (χ3v) is 8.46. The molecule has 2 heterocycles. The average molecular weight is 546 g/mol. The highest BCUT2D eigenvalue weighted by atomic mass is 35.5. The van der Waals surface area contributed by atoms with Gasteiger partial charge in [-0.05, 0) is 37.3 Å². The van der Waals surface area contributed by atoms with Crippen LogP contribution < -0.4 is 0 Å². The lowest BCUT2D eigenvalue weighted by Gasteiger charge is -2.34. The normalized spacial score (nSPS) is 35.2.